The number of ether oxygens (including phenoxy) is 1. The molecule has 0 aliphatic carbocycles. The first-order chi connectivity index (χ1) is 9.60. The molecule has 0 saturated heterocycles. The molecule has 0 saturated carbocycles. The first kappa shape index (κ1) is 15.3. The standard InChI is InChI=1S/C15H18ClNO2S/c1-3-4-15-17-12(9-20-15)8-19-14-6-5-11(10(2)18)7-13(14)16/h5-7,9-10,18H,3-4,8H2,1-2H3/t10-/m1/s1. The lowest BCUT2D eigenvalue weighted by molar-refractivity contribution is 0.199. The van der Waals surface area contributed by atoms with Gasteiger partial charge in [-0.05, 0) is 37.5 Å². The quantitative estimate of drug-likeness (QED) is 0.860. The Kier molecular flexibility index (Phi) is 5.40. The van der Waals surface area contributed by atoms with E-state index in [9.17, 15) is 5.11 Å². The van der Waals surface area contributed by atoms with Gasteiger partial charge in [-0.2, -0.15) is 0 Å². The summed E-state index contributed by atoms with van der Waals surface area (Å²) in [6.45, 7) is 4.26. The van der Waals surface area contributed by atoms with Crippen molar-refractivity contribution >= 4 is 22.9 Å². The fraction of sp³-hybridized carbons (Fsp3) is 0.400. The second-order valence-electron chi connectivity index (χ2n) is 4.64. The van der Waals surface area contributed by atoms with E-state index in [0.717, 1.165) is 29.1 Å². The van der Waals surface area contributed by atoms with Gasteiger partial charge < -0.3 is 9.84 Å². The van der Waals surface area contributed by atoms with Gasteiger partial charge in [-0.25, -0.2) is 4.98 Å². The summed E-state index contributed by atoms with van der Waals surface area (Å²) < 4.78 is 5.68. The van der Waals surface area contributed by atoms with Crippen molar-refractivity contribution in [2.24, 2.45) is 0 Å². The number of benzene rings is 1. The number of rotatable bonds is 6. The van der Waals surface area contributed by atoms with Gasteiger partial charge in [-0.15, -0.1) is 11.3 Å². The Hall–Kier alpha value is -1.10. The summed E-state index contributed by atoms with van der Waals surface area (Å²) in [7, 11) is 0. The maximum Gasteiger partial charge on any atom is 0.138 e. The SMILES string of the molecule is CCCc1nc(COc2ccc([C@@H](C)O)cc2Cl)cs1. The molecule has 1 atom stereocenters. The molecule has 0 amide bonds. The fourth-order valence-corrected chi connectivity index (χ4v) is 2.92. The van der Waals surface area contributed by atoms with E-state index < -0.39 is 6.10 Å². The molecular formula is C15H18ClNO2S. The van der Waals surface area contributed by atoms with E-state index in [-0.39, 0.29) is 0 Å². The van der Waals surface area contributed by atoms with Crippen LogP contribution in [0.2, 0.25) is 5.02 Å². The largest absolute Gasteiger partial charge is 0.486 e. The number of thiazole rings is 1. The average Bonchev–Trinajstić information content (AvgIpc) is 2.85. The first-order valence-corrected chi connectivity index (χ1v) is 7.89. The van der Waals surface area contributed by atoms with Gasteiger partial charge in [0, 0.05) is 5.38 Å². The van der Waals surface area contributed by atoms with Gasteiger partial charge in [-0.1, -0.05) is 24.6 Å². The molecule has 1 aromatic heterocycles. The van der Waals surface area contributed by atoms with Crippen LogP contribution in [-0.2, 0) is 13.0 Å². The second-order valence-corrected chi connectivity index (χ2v) is 5.99. The highest BCUT2D eigenvalue weighted by Gasteiger charge is 2.08. The molecule has 108 valence electrons. The summed E-state index contributed by atoms with van der Waals surface area (Å²) in [5, 5.41) is 13.2. The molecule has 1 heterocycles. The van der Waals surface area contributed by atoms with Gasteiger partial charge in [-0.3, -0.25) is 0 Å². The van der Waals surface area contributed by atoms with E-state index in [1.807, 2.05) is 11.4 Å². The lowest BCUT2D eigenvalue weighted by Gasteiger charge is -2.10. The van der Waals surface area contributed by atoms with Crippen molar-refractivity contribution in [2.75, 3.05) is 0 Å². The van der Waals surface area contributed by atoms with Crippen molar-refractivity contribution in [3.63, 3.8) is 0 Å². The van der Waals surface area contributed by atoms with Crippen LogP contribution >= 0.6 is 22.9 Å². The zero-order valence-electron chi connectivity index (χ0n) is 11.6. The molecule has 0 aliphatic heterocycles. The third-order valence-electron chi connectivity index (χ3n) is 2.88. The Balaban J connectivity index is 1.99. The molecular weight excluding hydrogens is 294 g/mol. The van der Waals surface area contributed by atoms with E-state index in [1.54, 1.807) is 30.4 Å². The minimum absolute atomic E-state index is 0.411. The smallest absolute Gasteiger partial charge is 0.138 e. The summed E-state index contributed by atoms with van der Waals surface area (Å²) in [6, 6.07) is 5.32. The lowest BCUT2D eigenvalue weighted by Crippen LogP contribution is -1.98. The maximum atomic E-state index is 9.49. The highest BCUT2D eigenvalue weighted by molar-refractivity contribution is 7.09. The molecule has 0 bridgehead atoms. The molecule has 1 N–H and O–H groups in total. The summed E-state index contributed by atoms with van der Waals surface area (Å²) >= 11 is 7.80. The molecule has 1 aromatic carbocycles. The number of halogens is 1. The monoisotopic (exact) mass is 311 g/mol. The maximum absolute atomic E-state index is 9.49. The summed E-state index contributed by atoms with van der Waals surface area (Å²) in [5.74, 6) is 0.612. The second kappa shape index (κ2) is 7.07. The molecule has 0 radical (unpaired) electrons. The molecule has 0 unspecified atom stereocenters. The minimum atomic E-state index is -0.531. The molecule has 0 fully saturated rings. The number of aliphatic hydroxyl groups excluding tert-OH is 1. The highest BCUT2D eigenvalue weighted by atomic mass is 35.5. The van der Waals surface area contributed by atoms with Crippen molar-refractivity contribution in [1.29, 1.82) is 0 Å². The Bertz CT molecular complexity index is 569. The zero-order valence-corrected chi connectivity index (χ0v) is 13.2. The fourth-order valence-electron chi connectivity index (χ4n) is 1.79. The topological polar surface area (TPSA) is 42.4 Å². The molecule has 3 nitrogen and oxygen atoms in total. The van der Waals surface area contributed by atoms with Crippen molar-refractivity contribution in [3.8, 4) is 5.75 Å². The van der Waals surface area contributed by atoms with Crippen LogP contribution in [-0.4, -0.2) is 10.1 Å². The van der Waals surface area contributed by atoms with Gasteiger partial charge in [0.05, 0.1) is 21.8 Å². The van der Waals surface area contributed by atoms with Gasteiger partial charge in [0.2, 0.25) is 0 Å². The average molecular weight is 312 g/mol. The van der Waals surface area contributed by atoms with Crippen LogP contribution in [0, 0.1) is 0 Å². The lowest BCUT2D eigenvalue weighted by atomic mass is 10.1. The Labute approximate surface area is 128 Å². The normalized spacial score (nSPS) is 12.4. The number of nitrogens with zero attached hydrogens (tertiary/aromatic N) is 1. The van der Waals surface area contributed by atoms with Crippen LogP contribution in [0.5, 0.6) is 5.75 Å². The van der Waals surface area contributed by atoms with Crippen molar-refractivity contribution in [3.05, 3.63) is 44.9 Å². The van der Waals surface area contributed by atoms with Crippen molar-refractivity contribution in [2.45, 2.75) is 39.4 Å². The number of aliphatic hydroxyl groups is 1. The van der Waals surface area contributed by atoms with E-state index in [2.05, 4.69) is 11.9 Å². The Morgan fingerprint density at radius 1 is 1.45 bits per heavy atom. The Morgan fingerprint density at radius 2 is 2.25 bits per heavy atom. The molecule has 0 spiro atoms. The summed E-state index contributed by atoms with van der Waals surface area (Å²) in [5.41, 5.74) is 1.70. The third-order valence-corrected chi connectivity index (χ3v) is 4.13. The molecule has 20 heavy (non-hydrogen) atoms. The predicted octanol–water partition coefficient (Wildman–Crippen LogP) is 4.38. The van der Waals surface area contributed by atoms with Gasteiger partial charge >= 0.3 is 0 Å². The van der Waals surface area contributed by atoms with Crippen LogP contribution in [0.3, 0.4) is 0 Å². The number of aromatic nitrogens is 1. The minimum Gasteiger partial charge on any atom is -0.486 e. The van der Waals surface area contributed by atoms with E-state index in [4.69, 9.17) is 16.3 Å². The number of hydrogen-bond donors (Lipinski definition) is 1. The Morgan fingerprint density at radius 3 is 2.90 bits per heavy atom. The third kappa shape index (κ3) is 3.95. The van der Waals surface area contributed by atoms with Crippen LogP contribution in [0.15, 0.2) is 23.6 Å². The van der Waals surface area contributed by atoms with E-state index >= 15 is 0 Å². The van der Waals surface area contributed by atoms with Crippen LogP contribution < -0.4 is 4.74 Å². The van der Waals surface area contributed by atoms with Crippen LogP contribution in [0.1, 0.15) is 42.6 Å². The van der Waals surface area contributed by atoms with E-state index in [1.165, 1.54) is 0 Å². The van der Waals surface area contributed by atoms with Gasteiger partial charge in [0.15, 0.2) is 0 Å². The van der Waals surface area contributed by atoms with Gasteiger partial charge in [0.1, 0.15) is 12.4 Å². The number of hydrogen-bond acceptors (Lipinski definition) is 4. The van der Waals surface area contributed by atoms with Crippen molar-refractivity contribution < 1.29 is 9.84 Å². The van der Waals surface area contributed by atoms with Crippen LogP contribution in [0.4, 0.5) is 0 Å². The summed E-state index contributed by atoms with van der Waals surface area (Å²) in [6.07, 6.45) is 1.58. The molecule has 5 heteroatoms. The molecule has 0 aliphatic rings. The predicted molar refractivity (Wildman–Crippen MR) is 82.5 cm³/mol. The number of aryl methyl sites for hydroxylation is 1. The molecule has 2 aromatic rings. The van der Waals surface area contributed by atoms with Crippen molar-refractivity contribution in [1.82, 2.24) is 4.98 Å². The first-order valence-electron chi connectivity index (χ1n) is 6.63. The highest BCUT2D eigenvalue weighted by Crippen LogP contribution is 2.28. The zero-order chi connectivity index (χ0) is 14.5. The molecule has 2 rings (SSSR count). The summed E-state index contributed by atoms with van der Waals surface area (Å²) in [4.78, 5) is 4.50. The van der Waals surface area contributed by atoms with Gasteiger partial charge in [0.25, 0.3) is 0 Å². The van der Waals surface area contributed by atoms with Crippen LogP contribution in [0.25, 0.3) is 0 Å². The van der Waals surface area contributed by atoms with E-state index in [0.29, 0.717) is 17.4 Å².